The summed E-state index contributed by atoms with van der Waals surface area (Å²) >= 11 is 0. The van der Waals surface area contributed by atoms with E-state index in [1.165, 1.54) is 0 Å². The average molecular weight is 200 g/mol. The molecule has 2 N–H and O–H groups in total. The highest BCUT2D eigenvalue weighted by Crippen LogP contribution is 1.84. The van der Waals surface area contributed by atoms with Crippen molar-refractivity contribution in [3.8, 4) is 0 Å². The minimum atomic E-state index is 0.595. The van der Waals surface area contributed by atoms with E-state index in [0.29, 0.717) is 12.8 Å². The van der Waals surface area contributed by atoms with Crippen molar-refractivity contribution in [1.29, 1.82) is 0 Å². The van der Waals surface area contributed by atoms with E-state index in [0.717, 1.165) is 51.6 Å². The molecule has 0 radical (unpaired) electrons. The van der Waals surface area contributed by atoms with Gasteiger partial charge in [-0.2, -0.15) is 0 Å². The standard InChI is InChI=1S/C10H20N2O2/c13-9-3-7-11-5-1-2-6-12-8-4-10-14/h9-12H,1-8H2. The monoisotopic (exact) mass is 200 g/mol. The summed E-state index contributed by atoms with van der Waals surface area (Å²) in [5, 5.41) is 6.35. The topological polar surface area (TPSA) is 58.2 Å². The van der Waals surface area contributed by atoms with Crippen molar-refractivity contribution in [3.05, 3.63) is 0 Å². The predicted molar refractivity (Wildman–Crippen MR) is 56.3 cm³/mol. The fourth-order valence-electron chi connectivity index (χ4n) is 1.07. The fourth-order valence-corrected chi connectivity index (χ4v) is 1.07. The third kappa shape index (κ3) is 11.3. The van der Waals surface area contributed by atoms with Crippen LogP contribution in [0.1, 0.15) is 25.7 Å². The first-order chi connectivity index (χ1) is 6.91. The van der Waals surface area contributed by atoms with Crippen molar-refractivity contribution >= 4 is 12.6 Å². The fraction of sp³-hybridized carbons (Fsp3) is 0.800. The first kappa shape index (κ1) is 13.3. The highest BCUT2D eigenvalue weighted by Gasteiger charge is 1.89. The van der Waals surface area contributed by atoms with Gasteiger partial charge in [-0.15, -0.1) is 0 Å². The van der Waals surface area contributed by atoms with Gasteiger partial charge < -0.3 is 20.2 Å². The Labute approximate surface area is 85.4 Å². The number of aldehydes is 2. The van der Waals surface area contributed by atoms with Crippen LogP contribution >= 0.6 is 0 Å². The summed E-state index contributed by atoms with van der Waals surface area (Å²) < 4.78 is 0. The zero-order valence-electron chi connectivity index (χ0n) is 8.63. The highest BCUT2D eigenvalue weighted by molar-refractivity contribution is 5.49. The van der Waals surface area contributed by atoms with Crippen molar-refractivity contribution < 1.29 is 9.59 Å². The molecule has 0 aromatic heterocycles. The van der Waals surface area contributed by atoms with Gasteiger partial charge in [-0.3, -0.25) is 0 Å². The van der Waals surface area contributed by atoms with Crippen LogP contribution in [0.3, 0.4) is 0 Å². The van der Waals surface area contributed by atoms with E-state index in [9.17, 15) is 9.59 Å². The molecule has 0 rings (SSSR count). The first-order valence-electron chi connectivity index (χ1n) is 5.20. The minimum Gasteiger partial charge on any atom is -0.316 e. The van der Waals surface area contributed by atoms with Crippen molar-refractivity contribution in [3.63, 3.8) is 0 Å². The van der Waals surface area contributed by atoms with Crippen molar-refractivity contribution in [2.24, 2.45) is 0 Å². The van der Waals surface area contributed by atoms with Gasteiger partial charge in [0, 0.05) is 25.9 Å². The van der Waals surface area contributed by atoms with Crippen LogP contribution in [-0.2, 0) is 9.59 Å². The summed E-state index contributed by atoms with van der Waals surface area (Å²) in [7, 11) is 0. The first-order valence-corrected chi connectivity index (χ1v) is 5.20. The Kier molecular flexibility index (Phi) is 11.6. The van der Waals surface area contributed by atoms with Crippen molar-refractivity contribution in [2.45, 2.75) is 25.7 Å². The molecule has 0 unspecified atom stereocenters. The molecule has 4 heteroatoms. The highest BCUT2D eigenvalue weighted by atomic mass is 16.1. The lowest BCUT2D eigenvalue weighted by Gasteiger charge is -2.03. The molecular formula is C10H20N2O2. The Morgan fingerprint density at radius 1 is 0.714 bits per heavy atom. The molecule has 0 fully saturated rings. The molecule has 0 aromatic rings. The lowest BCUT2D eigenvalue weighted by atomic mass is 10.3. The van der Waals surface area contributed by atoms with Crippen LogP contribution in [-0.4, -0.2) is 38.8 Å². The van der Waals surface area contributed by atoms with Gasteiger partial charge in [0.15, 0.2) is 0 Å². The maximum absolute atomic E-state index is 9.96. The molecule has 0 aliphatic heterocycles. The molecule has 82 valence electrons. The summed E-state index contributed by atoms with van der Waals surface area (Å²) in [5.41, 5.74) is 0. The van der Waals surface area contributed by atoms with E-state index in [1.54, 1.807) is 0 Å². The molecule has 4 nitrogen and oxygen atoms in total. The molecule has 0 saturated carbocycles. The Hall–Kier alpha value is -0.740. The molecular weight excluding hydrogens is 180 g/mol. The molecule has 0 saturated heterocycles. The Balaban J connectivity index is 2.84. The molecule has 0 spiro atoms. The van der Waals surface area contributed by atoms with Gasteiger partial charge in [0.1, 0.15) is 12.6 Å². The second-order valence-electron chi connectivity index (χ2n) is 3.12. The molecule has 0 bridgehead atoms. The van der Waals surface area contributed by atoms with E-state index in [-0.39, 0.29) is 0 Å². The maximum atomic E-state index is 9.96. The van der Waals surface area contributed by atoms with Crippen molar-refractivity contribution in [1.82, 2.24) is 10.6 Å². The number of rotatable bonds is 11. The Morgan fingerprint density at radius 2 is 1.14 bits per heavy atom. The average Bonchev–Trinajstić information content (AvgIpc) is 2.21. The van der Waals surface area contributed by atoms with Crippen molar-refractivity contribution in [2.75, 3.05) is 26.2 Å². The zero-order chi connectivity index (χ0) is 10.5. The van der Waals surface area contributed by atoms with Gasteiger partial charge in [0.25, 0.3) is 0 Å². The third-order valence-electron chi connectivity index (χ3n) is 1.84. The summed E-state index contributed by atoms with van der Waals surface area (Å²) in [6, 6.07) is 0. The number of carbonyl (C=O) groups excluding carboxylic acids is 2. The normalized spacial score (nSPS) is 10.0. The van der Waals surface area contributed by atoms with Crippen LogP contribution < -0.4 is 10.6 Å². The number of hydrogen-bond acceptors (Lipinski definition) is 4. The number of hydrogen-bond donors (Lipinski definition) is 2. The van der Waals surface area contributed by atoms with Crippen LogP contribution in [0.25, 0.3) is 0 Å². The number of nitrogens with one attached hydrogen (secondary N) is 2. The summed E-state index contributed by atoms with van der Waals surface area (Å²) in [6.07, 6.45) is 5.25. The minimum absolute atomic E-state index is 0.595. The lowest BCUT2D eigenvalue weighted by Crippen LogP contribution is -2.20. The quantitative estimate of drug-likeness (QED) is 0.367. The number of carbonyl (C=O) groups is 2. The van der Waals surface area contributed by atoms with E-state index >= 15 is 0 Å². The van der Waals surface area contributed by atoms with E-state index in [2.05, 4.69) is 10.6 Å². The van der Waals surface area contributed by atoms with Gasteiger partial charge in [-0.05, 0) is 25.9 Å². The second-order valence-corrected chi connectivity index (χ2v) is 3.12. The molecule has 0 heterocycles. The van der Waals surface area contributed by atoms with Gasteiger partial charge in [-0.25, -0.2) is 0 Å². The smallest absolute Gasteiger partial charge is 0.121 e. The summed E-state index contributed by atoms with van der Waals surface area (Å²) in [5.74, 6) is 0. The van der Waals surface area contributed by atoms with Gasteiger partial charge in [0.2, 0.25) is 0 Å². The molecule has 0 aliphatic rings. The molecule has 14 heavy (non-hydrogen) atoms. The number of unbranched alkanes of at least 4 members (excludes halogenated alkanes) is 1. The van der Waals surface area contributed by atoms with E-state index in [1.807, 2.05) is 0 Å². The van der Waals surface area contributed by atoms with Crippen LogP contribution in [0.2, 0.25) is 0 Å². The van der Waals surface area contributed by atoms with Gasteiger partial charge in [-0.1, -0.05) is 0 Å². The molecule has 0 atom stereocenters. The lowest BCUT2D eigenvalue weighted by molar-refractivity contribution is -0.108. The Bertz CT molecular complexity index is 124. The summed E-state index contributed by atoms with van der Waals surface area (Å²) in [6.45, 7) is 3.48. The predicted octanol–water partition coefficient (Wildman–Crippen LogP) is 0.124. The molecule has 0 amide bonds. The molecule has 0 aliphatic carbocycles. The van der Waals surface area contributed by atoms with E-state index < -0.39 is 0 Å². The largest absolute Gasteiger partial charge is 0.316 e. The van der Waals surface area contributed by atoms with Crippen LogP contribution in [0, 0.1) is 0 Å². The van der Waals surface area contributed by atoms with Crippen LogP contribution in [0.4, 0.5) is 0 Å². The Morgan fingerprint density at radius 3 is 1.50 bits per heavy atom. The van der Waals surface area contributed by atoms with Crippen LogP contribution in [0.15, 0.2) is 0 Å². The van der Waals surface area contributed by atoms with Gasteiger partial charge >= 0.3 is 0 Å². The summed E-state index contributed by atoms with van der Waals surface area (Å²) in [4.78, 5) is 19.9. The zero-order valence-corrected chi connectivity index (χ0v) is 8.63. The SMILES string of the molecule is O=CCCNCCCCNCCC=O. The van der Waals surface area contributed by atoms with Crippen LogP contribution in [0.5, 0.6) is 0 Å². The third-order valence-corrected chi connectivity index (χ3v) is 1.84. The maximum Gasteiger partial charge on any atom is 0.121 e. The second kappa shape index (κ2) is 12.3. The molecule has 0 aromatic carbocycles. The van der Waals surface area contributed by atoms with E-state index in [4.69, 9.17) is 0 Å². The van der Waals surface area contributed by atoms with Gasteiger partial charge in [0.05, 0.1) is 0 Å².